The molecule has 0 N–H and O–H groups in total. The lowest BCUT2D eigenvalue weighted by atomic mass is 10.0. The molecular formula is C27H27N3+2. The molecule has 2 aromatic carbocycles. The Balaban J connectivity index is 0.00000256. The molecule has 4 aromatic rings. The maximum absolute atomic E-state index is 7.35. The van der Waals surface area contributed by atoms with Crippen molar-refractivity contribution in [2.24, 2.45) is 0 Å². The van der Waals surface area contributed by atoms with Gasteiger partial charge in [0, 0.05) is 35.9 Å². The summed E-state index contributed by atoms with van der Waals surface area (Å²) in [5.74, 6) is 0.473. The molecule has 0 saturated carbocycles. The van der Waals surface area contributed by atoms with Crippen LogP contribution in [-0.4, -0.2) is 0 Å². The van der Waals surface area contributed by atoms with Crippen molar-refractivity contribution in [3.05, 3.63) is 115 Å². The summed E-state index contributed by atoms with van der Waals surface area (Å²) in [6.45, 7) is 11.8. The molecule has 2 aromatic heterocycles. The normalized spacial score (nSPS) is 10.3. The monoisotopic (exact) mass is 393 g/mol. The van der Waals surface area contributed by atoms with Crippen molar-refractivity contribution in [1.82, 2.24) is 0 Å². The maximum atomic E-state index is 7.35. The summed E-state index contributed by atoms with van der Waals surface area (Å²) in [5, 5.41) is 0. The average Bonchev–Trinajstić information content (AvgIpc) is 2.79. The molecule has 0 amide bonds. The van der Waals surface area contributed by atoms with E-state index in [1.165, 1.54) is 11.3 Å². The first-order valence-corrected chi connectivity index (χ1v) is 9.76. The van der Waals surface area contributed by atoms with Crippen LogP contribution in [0.4, 0.5) is 5.69 Å². The van der Waals surface area contributed by atoms with E-state index in [1.807, 2.05) is 41.2 Å². The Kier molecular flexibility index (Phi) is 6.39. The molecule has 3 nitrogen and oxygen atoms in total. The molecule has 4 rings (SSSR count). The first-order chi connectivity index (χ1) is 14.2. The Morgan fingerprint density at radius 1 is 0.667 bits per heavy atom. The van der Waals surface area contributed by atoms with Crippen LogP contribution < -0.4 is 9.13 Å². The molecular weight excluding hydrogens is 366 g/mol. The highest BCUT2D eigenvalue weighted by Crippen LogP contribution is 2.22. The topological polar surface area (TPSA) is 12.1 Å². The third-order valence-electron chi connectivity index (χ3n) is 5.11. The second-order valence-corrected chi connectivity index (χ2v) is 7.30. The fourth-order valence-electron chi connectivity index (χ4n) is 3.55. The van der Waals surface area contributed by atoms with E-state index in [0.717, 1.165) is 16.8 Å². The fourth-order valence-corrected chi connectivity index (χ4v) is 3.55. The molecule has 148 valence electrons. The SMILES string of the molecule is C.[C-]#[N+]c1ccccc1-[n+]1ccc(-c2cc[n+](-c3ccccc3C(C)C)cc2)cc1. The number of rotatable bonds is 4. The van der Waals surface area contributed by atoms with Crippen LogP contribution in [0.2, 0.25) is 0 Å². The molecule has 0 aliphatic rings. The number of para-hydroxylation sites is 3. The highest BCUT2D eigenvalue weighted by atomic mass is 15.0. The zero-order chi connectivity index (χ0) is 20.2. The smallest absolute Gasteiger partial charge is 0.231 e. The van der Waals surface area contributed by atoms with E-state index < -0.39 is 0 Å². The number of hydrogen-bond acceptors (Lipinski definition) is 0. The van der Waals surface area contributed by atoms with Crippen molar-refractivity contribution in [1.29, 1.82) is 0 Å². The van der Waals surface area contributed by atoms with Crippen LogP contribution in [0.5, 0.6) is 0 Å². The Bertz CT molecular complexity index is 1170. The number of nitrogens with zero attached hydrogens (tertiary/aromatic N) is 3. The van der Waals surface area contributed by atoms with E-state index in [1.54, 1.807) is 0 Å². The van der Waals surface area contributed by atoms with E-state index in [9.17, 15) is 0 Å². The summed E-state index contributed by atoms with van der Waals surface area (Å²) in [4.78, 5) is 3.61. The number of hydrogen-bond donors (Lipinski definition) is 0. The van der Waals surface area contributed by atoms with Crippen molar-refractivity contribution in [3.8, 4) is 22.5 Å². The Morgan fingerprint density at radius 3 is 1.67 bits per heavy atom. The van der Waals surface area contributed by atoms with E-state index in [2.05, 4.69) is 84.2 Å². The van der Waals surface area contributed by atoms with E-state index >= 15 is 0 Å². The molecule has 0 bridgehead atoms. The summed E-state index contributed by atoms with van der Waals surface area (Å²) < 4.78 is 4.16. The van der Waals surface area contributed by atoms with Crippen LogP contribution in [0.3, 0.4) is 0 Å². The minimum absolute atomic E-state index is 0. The number of benzene rings is 2. The summed E-state index contributed by atoms with van der Waals surface area (Å²) in [6.07, 6.45) is 8.25. The highest BCUT2D eigenvalue weighted by molar-refractivity contribution is 5.62. The quantitative estimate of drug-likeness (QED) is 0.288. The summed E-state index contributed by atoms with van der Waals surface area (Å²) in [6, 6.07) is 24.6. The van der Waals surface area contributed by atoms with Crippen molar-refractivity contribution >= 4 is 5.69 Å². The van der Waals surface area contributed by atoms with Crippen LogP contribution in [0.25, 0.3) is 27.3 Å². The molecule has 0 aliphatic heterocycles. The molecule has 0 saturated heterocycles. The Labute approximate surface area is 179 Å². The molecule has 30 heavy (non-hydrogen) atoms. The van der Waals surface area contributed by atoms with Crippen LogP contribution in [-0.2, 0) is 0 Å². The first kappa shape index (κ1) is 21.0. The lowest BCUT2D eigenvalue weighted by Gasteiger charge is -2.08. The van der Waals surface area contributed by atoms with E-state index in [4.69, 9.17) is 6.57 Å². The summed E-state index contributed by atoms with van der Waals surface area (Å²) in [5.41, 5.74) is 6.40. The molecule has 0 spiro atoms. The standard InChI is InChI=1S/C26H23N3.CH4/c1-20(2)23-8-4-6-10-25(23)28-16-12-21(13-17-28)22-14-18-29(19-15-22)26-11-7-5-9-24(26)27-3;/h4-20H,1-2H3;1H4/q+2;. The lowest BCUT2D eigenvalue weighted by Crippen LogP contribution is -2.31. The lowest BCUT2D eigenvalue weighted by molar-refractivity contribution is -0.596. The van der Waals surface area contributed by atoms with Gasteiger partial charge in [0.25, 0.3) is 5.69 Å². The van der Waals surface area contributed by atoms with E-state index in [0.29, 0.717) is 11.6 Å². The van der Waals surface area contributed by atoms with Gasteiger partial charge >= 0.3 is 0 Å². The van der Waals surface area contributed by atoms with Crippen molar-refractivity contribution in [2.45, 2.75) is 27.2 Å². The summed E-state index contributed by atoms with van der Waals surface area (Å²) >= 11 is 0. The Morgan fingerprint density at radius 2 is 1.13 bits per heavy atom. The van der Waals surface area contributed by atoms with Gasteiger partial charge in [0.15, 0.2) is 24.8 Å². The third-order valence-corrected chi connectivity index (χ3v) is 5.11. The van der Waals surface area contributed by atoms with Crippen molar-refractivity contribution < 1.29 is 9.13 Å². The first-order valence-electron chi connectivity index (χ1n) is 9.76. The van der Waals surface area contributed by atoms with Gasteiger partial charge in [0.05, 0.1) is 6.57 Å². The van der Waals surface area contributed by atoms with E-state index in [-0.39, 0.29) is 7.43 Å². The van der Waals surface area contributed by atoms with Gasteiger partial charge in [0.1, 0.15) is 0 Å². The minimum Gasteiger partial charge on any atom is -0.231 e. The maximum Gasteiger partial charge on any atom is 0.256 e. The number of pyridine rings is 2. The Hall–Kier alpha value is -3.77. The second-order valence-electron chi connectivity index (χ2n) is 7.30. The predicted molar refractivity (Wildman–Crippen MR) is 122 cm³/mol. The molecule has 0 radical (unpaired) electrons. The van der Waals surface area contributed by atoms with Gasteiger partial charge < -0.3 is 0 Å². The number of aromatic nitrogens is 2. The van der Waals surface area contributed by atoms with Crippen LogP contribution in [0.1, 0.15) is 32.8 Å². The molecule has 2 heterocycles. The zero-order valence-corrected chi connectivity index (χ0v) is 16.7. The van der Waals surface area contributed by atoms with Gasteiger partial charge in [-0.25, -0.2) is 4.85 Å². The van der Waals surface area contributed by atoms with Crippen LogP contribution in [0, 0.1) is 6.57 Å². The zero-order valence-electron chi connectivity index (χ0n) is 16.7. The van der Waals surface area contributed by atoms with Gasteiger partial charge in [-0.15, -0.1) is 0 Å². The second kappa shape index (κ2) is 9.15. The van der Waals surface area contributed by atoms with Gasteiger partial charge in [-0.2, -0.15) is 9.13 Å². The highest BCUT2D eigenvalue weighted by Gasteiger charge is 2.15. The van der Waals surface area contributed by atoms with Crippen LogP contribution in [0.15, 0.2) is 97.6 Å². The molecule has 0 atom stereocenters. The molecule has 0 aliphatic carbocycles. The summed E-state index contributed by atoms with van der Waals surface area (Å²) in [7, 11) is 0. The van der Waals surface area contributed by atoms with Gasteiger partial charge in [-0.1, -0.05) is 51.6 Å². The third kappa shape index (κ3) is 4.14. The predicted octanol–water partition coefficient (Wildman–Crippen LogP) is 6.22. The molecule has 0 unspecified atom stereocenters. The van der Waals surface area contributed by atoms with Gasteiger partial charge in [-0.3, -0.25) is 0 Å². The van der Waals surface area contributed by atoms with Gasteiger partial charge in [-0.05, 0) is 29.2 Å². The van der Waals surface area contributed by atoms with Gasteiger partial charge in [0.2, 0.25) is 11.4 Å². The molecule has 0 fully saturated rings. The molecule has 3 heteroatoms. The van der Waals surface area contributed by atoms with Crippen LogP contribution >= 0.6 is 0 Å². The minimum atomic E-state index is 0. The average molecular weight is 394 g/mol. The fraction of sp³-hybridized carbons (Fsp3) is 0.148. The largest absolute Gasteiger partial charge is 0.256 e. The van der Waals surface area contributed by atoms with Crippen molar-refractivity contribution in [3.63, 3.8) is 0 Å². The van der Waals surface area contributed by atoms with Crippen molar-refractivity contribution in [2.75, 3.05) is 0 Å².